The van der Waals surface area contributed by atoms with Crippen LogP contribution in [0.2, 0.25) is 43.8 Å². The van der Waals surface area contributed by atoms with Crippen LogP contribution in [-0.4, -0.2) is 45.8 Å². The van der Waals surface area contributed by atoms with Crippen molar-refractivity contribution in [2.24, 2.45) is 0 Å². The van der Waals surface area contributed by atoms with E-state index in [9.17, 15) is 9.59 Å². The molecule has 26 heavy (non-hydrogen) atoms. The first-order chi connectivity index (χ1) is 11.7. The third-order valence-electron chi connectivity index (χ3n) is 5.13. The molecule has 1 aliphatic rings. The van der Waals surface area contributed by atoms with Gasteiger partial charge in [0.1, 0.15) is 6.10 Å². The molecule has 0 aromatic heterocycles. The highest BCUT2D eigenvalue weighted by Crippen LogP contribution is 2.37. The average Bonchev–Trinajstić information content (AvgIpc) is 2.75. The Kier molecular flexibility index (Phi) is 7.88. The molecule has 1 fully saturated rings. The number of imide groups is 1. The molecule has 1 aliphatic heterocycles. The Labute approximate surface area is 162 Å². The van der Waals surface area contributed by atoms with Gasteiger partial charge in [0.15, 0.2) is 8.32 Å². The summed E-state index contributed by atoms with van der Waals surface area (Å²) in [5.41, 5.74) is 0. The van der Waals surface area contributed by atoms with E-state index in [0.29, 0.717) is 19.4 Å². The van der Waals surface area contributed by atoms with E-state index in [4.69, 9.17) is 4.43 Å². The normalized spacial score (nSPS) is 17.3. The first kappa shape index (κ1) is 23.1. The highest BCUT2D eigenvalue weighted by molar-refractivity contribution is 6.76. The predicted octanol–water partition coefficient (Wildman–Crippen LogP) is 4.65. The zero-order chi connectivity index (χ0) is 20.2. The van der Waals surface area contributed by atoms with E-state index in [1.165, 1.54) is 4.90 Å². The standard InChI is InChI=1S/C20H37NO3Si2/c1-20(2,3)26(7,8)24-17(12-10-16-25(4,5)6)11-9-15-21-18(22)13-14-19(21)23/h17H,9,11,13-16H2,1-8H3/t17-/m0/s1. The number of likely N-dealkylation sites (tertiary alicyclic amines) is 1. The fourth-order valence-corrected chi connectivity index (χ4v) is 4.30. The van der Waals surface area contributed by atoms with Crippen molar-refractivity contribution in [2.45, 2.75) is 96.4 Å². The topological polar surface area (TPSA) is 46.6 Å². The maximum Gasteiger partial charge on any atom is 0.229 e. The average molecular weight is 396 g/mol. The summed E-state index contributed by atoms with van der Waals surface area (Å²) >= 11 is 0. The van der Waals surface area contributed by atoms with Crippen LogP contribution in [-0.2, 0) is 14.0 Å². The first-order valence-electron chi connectivity index (χ1n) is 9.72. The monoisotopic (exact) mass is 395 g/mol. The van der Waals surface area contributed by atoms with Crippen LogP contribution in [0.4, 0.5) is 0 Å². The number of carbonyl (C=O) groups excluding carboxylic acids is 2. The second-order valence-corrected chi connectivity index (χ2v) is 20.2. The van der Waals surface area contributed by atoms with Gasteiger partial charge in [0.25, 0.3) is 0 Å². The van der Waals surface area contributed by atoms with Gasteiger partial charge >= 0.3 is 0 Å². The van der Waals surface area contributed by atoms with Gasteiger partial charge in [-0.25, -0.2) is 0 Å². The van der Waals surface area contributed by atoms with E-state index in [1.807, 2.05) is 0 Å². The minimum Gasteiger partial charge on any atom is -0.403 e. The summed E-state index contributed by atoms with van der Waals surface area (Å²) in [5.74, 6) is 6.64. The highest BCUT2D eigenvalue weighted by Gasteiger charge is 2.39. The number of rotatable bonds is 7. The van der Waals surface area contributed by atoms with Gasteiger partial charge in [0.05, 0.1) is 8.07 Å². The molecule has 0 unspecified atom stereocenters. The molecule has 148 valence electrons. The molecule has 2 amide bonds. The third-order valence-corrected chi connectivity index (χ3v) is 10.9. The van der Waals surface area contributed by atoms with Gasteiger partial charge < -0.3 is 4.43 Å². The maximum atomic E-state index is 11.8. The fourth-order valence-electron chi connectivity index (χ4n) is 2.43. The molecular formula is C20H37NO3Si2. The van der Waals surface area contributed by atoms with Crippen molar-refractivity contribution >= 4 is 28.2 Å². The summed E-state index contributed by atoms with van der Waals surface area (Å²) in [5, 5.41) is 0.132. The summed E-state index contributed by atoms with van der Waals surface area (Å²) in [6, 6.07) is 0.966. The van der Waals surface area contributed by atoms with E-state index in [2.05, 4.69) is 65.3 Å². The molecule has 1 saturated heterocycles. The van der Waals surface area contributed by atoms with Crippen molar-refractivity contribution in [1.82, 2.24) is 4.90 Å². The number of hydrogen-bond donors (Lipinski definition) is 0. The van der Waals surface area contributed by atoms with E-state index in [1.54, 1.807) is 0 Å². The summed E-state index contributed by atoms with van der Waals surface area (Å²) in [7, 11) is -3.12. The van der Waals surface area contributed by atoms with Crippen LogP contribution in [0.5, 0.6) is 0 Å². The van der Waals surface area contributed by atoms with Gasteiger partial charge in [-0.05, 0) is 31.0 Å². The molecule has 0 radical (unpaired) electrons. The molecule has 1 rings (SSSR count). The Morgan fingerprint density at radius 3 is 2.08 bits per heavy atom. The fraction of sp³-hybridized carbons (Fsp3) is 0.800. The van der Waals surface area contributed by atoms with Crippen molar-refractivity contribution in [3.8, 4) is 11.8 Å². The first-order valence-corrected chi connectivity index (χ1v) is 16.3. The zero-order valence-corrected chi connectivity index (χ0v) is 20.0. The largest absolute Gasteiger partial charge is 0.403 e. The van der Waals surface area contributed by atoms with Gasteiger partial charge in [-0.3, -0.25) is 14.5 Å². The molecule has 4 nitrogen and oxygen atoms in total. The van der Waals surface area contributed by atoms with Gasteiger partial charge in [-0.1, -0.05) is 46.3 Å². The SMILES string of the molecule is CC(C)(C)[Si](C)(C)O[C@H](C#CC[Si](C)(C)C)CCCN1C(=O)CCC1=O. The second kappa shape index (κ2) is 8.85. The molecule has 6 heteroatoms. The summed E-state index contributed by atoms with van der Waals surface area (Å²) in [6.45, 7) is 18.6. The Hall–Kier alpha value is -0.906. The van der Waals surface area contributed by atoms with Crippen molar-refractivity contribution in [2.75, 3.05) is 6.54 Å². The quantitative estimate of drug-likeness (QED) is 0.358. The molecule has 0 saturated carbocycles. The van der Waals surface area contributed by atoms with Crippen molar-refractivity contribution in [1.29, 1.82) is 0 Å². The lowest BCUT2D eigenvalue weighted by Gasteiger charge is -2.38. The number of carbonyl (C=O) groups is 2. The van der Waals surface area contributed by atoms with Crippen molar-refractivity contribution in [3.63, 3.8) is 0 Å². The lowest BCUT2D eigenvalue weighted by Crippen LogP contribution is -2.43. The molecule has 1 atom stereocenters. The lowest BCUT2D eigenvalue weighted by atomic mass is 10.2. The Morgan fingerprint density at radius 2 is 1.62 bits per heavy atom. The van der Waals surface area contributed by atoms with E-state index in [0.717, 1.165) is 18.9 Å². The molecule has 0 aliphatic carbocycles. The Bertz CT molecular complexity index is 561. The smallest absolute Gasteiger partial charge is 0.229 e. The minimum atomic E-state index is -1.91. The van der Waals surface area contributed by atoms with Crippen LogP contribution in [0, 0.1) is 11.8 Å². The predicted molar refractivity (Wildman–Crippen MR) is 113 cm³/mol. The number of hydrogen-bond acceptors (Lipinski definition) is 3. The van der Waals surface area contributed by atoms with Crippen molar-refractivity contribution < 1.29 is 14.0 Å². The van der Waals surface area contributed by atoms with Gasteiger partial charge in [-0.2, -0.15) is 0 Å². The molecule has 0 N–H and O–H groups in total. The highest BCUT2D eigenvalue weighted by atomic mass is 28.4. The minimum absolute atomic E-state index is 0.0401. The summed E-state index contributed by atoms with van der Waals surface area (Å²) < 4.78 is 6.53. The van der Waals surface area contributed by atoms with Crippen LogP contribution < -0.4 is 0 Å². The van der Waals surface area contributed by atoms with E-state index >= 15 is 0 Å². The summed E-state index contributed by atoms with van der Waals surface area (Å²) in [4.78, 5) is 24.9. The maximum absolute atomic E-state index is 11.8. The lowest BCUT2D eigenvalue weighted by molar-refractivity contribution is -0.138. The number of amides is 2. The molecule has 1 heterocycles. The third kappa shape index (κ3) is 7.38. The zero-order valence-electron chi connectivity index (χ0n) is 18.0. The second-order valence-electron chi connectivity index (χ2n) is 10.0. The van der Waals surface area contributed by atoms with Crippen LogP contribution in [0.25, 0.3) is 0 Å². The Morgan fingerprint density at radius 1 is 1.08 bits per heavy atom. The molecule has 0 aromatic rings. The van der Waals surface area contributed by atoms with Crippen LogP contribution in [0.3, 0.4) is 0 Å². The molecule has 0 bridgehead atoms. The molecule has 0 aromatic carbocycles. The van der Waals surface area contributed by atoms with Gasteiger partial charge in [0.2, 0.25) is 11.8 Å². The van der Waals surface area contributed by atoms with E-state index < -0.39 is 16.4 Å². The Balaban J connectivity index is 2.74. The van der Waals surface area contributed by atoms with Gasteiger partial charge in [-0.15, -0.1) is 5.92 Å². The van der Waals surface area contributed by atoms with Crippen LogP contribution >= 0.6 is 0 Å². The van der Waals surface area contributed by atoms with E-state index in [-0.39, 0.29) is 23.0 Å². The van der Waals surface area contributed by atoms with Crippen LogP contribution in [0.15, 0.2) is 0 Å². The van der Waals surface area contributed by atoms with Crippen molar-refractivity contribution in [3.05, 3.63) is 0 Å². The number of nitrogens with zero attached hydrogens (tertiary/aromatic N) is 1. The van der Waals surface area contributed by atoms with Crippen LogP contribution in [0.1, 0.15) is 46.5 Å². The molecular weight excluding hydrogens is 358 g/mol. The molecule has 0 spiro atoms. The van der Waals surface area contributed by atoms with Gasteiger partial charge in [0, 0.05) is 25.4 Å². The summed E-state index contributed by atoms with van der Waals surface area (Å²) in [6.07, 6.45) is 2.12.